The molecule has 1 aliphatic carbocycles. The van der Waals surface area contributed by atoms with Crippen LogP contribution in [-0.2, 0) is 33.1 Å². The maximum Gasteiger partial charge on any atom is 0.217 e. The molecule has 1 aromatic heterocycles. The van der Waals surface area contributed by atoms with Gasteiger partial charge in [-0.2, -0.15) is 4.31 Å². The molecule has 0 bridgehead atoms. The minimum absolute atomic E-state index is 0.240. The van der Waals surface area contributed by atoms with E-state index in [4.69, 9.17) is 9.47 Å². The molecule has 1 unspecified atom stereocenters. The van der Waals surface area contributed by atoms with Gasteiger partial charge in [-0.1, -0.05) is 19.3 Å². The fourth-order valence-corrected chi connectivity index (χ4v) is 6.48. The highest BCUT2D eigenvalue weighted by atomic mass is 32.2. The first kappa shape index (κ1) is 19.3. The molecule has 2 aliphatic heterocycles. The summed E-state index contributed by atoms with van der Waals surface area (Å²) >= 11 is 0. The van der Waals surface area contributed by atoms with Gasteiger partial charge in [0.1, 0.15) is 0 Å². The Morgan fingerprint density at radius 2 is 1.89 bits per heavy atom. The molecule has 9 heteroatoms. The van der Waals surface area contributed by atoms with Crippen molar-refractivity contribution in [2.24, 2.45) is 7.05 Å². The minimum atomic E-state index is -3.29. The van der Waals surface area contributed by atoms with Gasteiger partial charge in [0.05, 0.1) is 43.6 Å². The average Bonchev–Trinajstić information content (AvgIpc) is 3.07. The maximum atomic E-state index is 13.1. The number of rotatable bonds is 4. The molecule has 2 saturated heterocycles. The molecule has 0 amide bonds. The van der Waals surface area contributed by atoms with Crippen LogP contribution in [0.3, 0.4) is 0 Å². The molecule has 3 aliphatic rings. The quantitative estimate of drug-likeness (QED) is 0.751. The van der Waals surface area contributed by atoms with Crippen molar-refractivity contribution in [3.63, 3.8) is 0 Å². The Labute approximate surface area is 161 Å². The molecule has 0 N–H and O–H groups in total. The zero-order valence-corrected chi connectivity index (χ0v) is 16.9. The second-order valence-electron chi connectivity index (χ2n) is 7.95. The van der Waals surface area contributed by atoms with Gasteiger partial charge >= 0.3 is 0 Å². The Bertz CT molecular complexity index is 742. The number of morpholine rings is 2. The molecule has 8 nitrogen and oxygen atoms in total. The van der Waals surface area contributed by atoms with Crippen molar-refractivity contribution in [2.75, 3.05) is 39.4 Å². The van der Waals surface area contributed by atoms with Crippen LogP contribution in [0.4, 0.5) is 0 Å². The topological polar surface area (TPSA) is 76.9 Å². The van der Waals surface area contributed by atoms with Crippen molar-refractivity contribution in [3.05, 3.63) is 18.2 Å². The van der Waals surface area contributed by atoms with E-state index in [1.165, 1.54) is 0 Å². The third-order valence-electron chi connectivity index (χ3n) is 6.00. The Morgan fingerprint density at radius 3 is 2.59 bits per heavy atom. The molecule has 0 radical (unpaired) electrons. The highest BCUT2D eigenvalue weighted by Crippen LogP contribution is 2.31. The van der Waals surface area contributed by atoms with E-state index in [1.807, 2.05) is 17.8 Å². The Balaban J connectivity index is 1.45. The lowest BCUT2D eigenvalue weighted by atomic mass is 10.0. The van der Waals surface area contributed by atoms with E-state index in [-0.39, 0.29) is 11.8 Å². The first-order valence-electron chi connectivity index (χ1n) is 9.93. The van der Waals surface area contributed by atoms with Crippen molar-refractivity contribution in [1.82, 2.24) is 18.8 Å². The molecule has 4 rings (SSSR count). The van der Waals surface area contributed by atoms with E-state index in [2.05, 4.69) is 9.88 Å². The maximum absolute atomic E-state index is 13.1. The van der Waals surface area contributed by atoms with Crippen LogP contribution < -0.4 is 0 Å². The lowest BCUT2D eigenvalue weighted by molar-refractivity contribution is -0.285. The highest BCUT2D eigenvalue weighted by molar-refractivity contribution is 7.89. The molecule has 1 aromatic rings. The summed E-state index contributed by atoms with van der Waals surface area (Å²) in [6.45, 7) is 3.74. The van der Waals surface area contributed by atoms with E-state index in [0.29, 0.717) is 26.3 Å². The van der Waals surface area contributed by atoms with Gasteiger partial charge in [-0.15, -0.1) is 0 Å². The number of aromatic nitrogens is 2. The summed E-state index contributed by atoms with van der Waals surface area (Å²) in [5, 5.41) is -0.240. The Kier molecular flexibility index (Phi) is 5.57. The van der Waals surface area contributed by atoms with Crippen LogP contribution in [0, 0.1) is 0 Å². The van der Waals surface area contributed by atoms with Crippen LogP contribution in [0.25, 0.3) is 0 Å². The fourth-order valence-electron chi connectivity index (χ4n) is 4.43. The standard InChI is InChI=1S/C18H30N4O4S/c1-20-15-19-11-16(20)12-21-7-9-25-18(13-21)14-22(8-10-26-18)27(23,24)17-5-3-2-4-6-17/h11,15,17H,2-10,12-14H2,1H3. The minimum Gasteiger partial charge on any atom is -0.346 e. The average molecular weight is 399 g/mol. The predicted molar refractivity (Wildman–Crippen MR) is 100 cm³/mol. The van der Waals surface area contributed by atoms with Gasteiger partial charge in [0.15, 0.2) is 5.79 Å². The van der Waals surface area contributed by atoms with Crippen LogP contribution in [0.1, 0.15) is 37.8 Å². The summed E-state index contributed by atoms with van der Waals surface area (Å²) in [5.41, 5.74) is 1.12. The molecule has 0 aromatic carbocycles. The predicted octanol–water partition coefficient (Wildman–Crippen LogP) is 0.943. The van der Waals surface area contributed by atoms with Gasteiger partial charge in [0.25, 0.3) is 0 Å². The van der Waals surface area contributed by atoms with Crippen LogP contribution in [0.2, 0.25) is 0 Å². The van der Waals surface area contributed by atoms with Crippen LogP contribution in [0.15, 0.2) is 12.5 Å². The summed E-state index contributed by atoms with van der Waals surface area (Å²) in [7, 11) is -1.31. The molecular weight excluding hydrogens is 368 g/mol. The molecule has 3 heterocycles. The first-order valence-corrected chi connectivity index (χ1v) is 11.4. The van der Waals surface area contributed by atoms with E-state index >= 15 is 0 Å². The summed E-state index contributed by atoms with van der Waals surface area (Å²) < 4.78 is 41.9. The van der Waals surface area contributed by atoms with Crippen molar-refractivity contribution < 1.29 is 17.9 Å². The normalized spacial score (nSPS) is 29.4. The number of hydrogen-bond acceptors (Lipinski definition) is 6. The molecular formula is C18H30N4O4S. The Morgan fingerprint density at radius 1 is 1.15 bits per heavy atom. The molecule has 1 saturated carbocycles. The summed E-state index contributed by atoms with van der Waals surface area (Å²) in [6.07, 6.45) is 8.37. The number of nitrogens with zero attached hydrogens (tertiary/aromatic N) is 4. The lowest BCUT2D eigenvalue weighted by Gasteiger charge is -2.47. The van der Waals surface area contributed by atoms with Crippen molar-refractivity contribution in [2.45, 2.75) is 49.7 Å². The second-order valence-corrected chi connectivity index (χ2v) is 10.2. The van der Waals surface area contributed by atoms with Gasteiger partial charge in [-0.3, -0.25) is 4.90 Å². The number of aryl methyl sites for hydroxylation is 1. The largest absolute Gasteiger partial charge is 0.346 e. The lowest BCUT2D eigenvalue weighted by Crippen LogP contribution is -2.63. The zero-order chi connectivity index (χ0) is 18.9. The molecule has 27 heavy (non-hydrogen) atoms. The van der Waals surface area contributed by atoms with Crippen molar-refractivity contribution >= 4 is 10.0 Å². The van der Waals surface area contributed by atoms with Crippen LogP contribution in [0.5, 0.6) is 0 Å². The van der Waals surface area contributed by atoms with Crippen LogP contribution in [-0.4, -0.2) is 77.6 Å². The smallest absolute Gasteiger partial charge is 0.217 e. The highest BCUT2D eigenvalue weighted by Gasteiger charge is 2.46. The molecule has 1 spiro atoms. The van der Waals surface area contributed by atoms with Crippen LogP contribution >= 0.6 is 0 Å². The van der Waals surface area contributed by atoms with Crippen molar-refractivity contribution in [1.29, 1.82) is 0 Å². The SMILES string of the molecule is Cn1cncc1CN1CCOC2(C1)CN(S(=O)(=O)C1CCCCC1)CCO2. The number of ether oxygens (including phenoxy) is 2. The van der Waals surface area contributed by atoms with Gasteiger partial charge in [-0.25, -0.2) is 13.4 Å². The number of hydrogen-bond donors (Lipinski definition) is 0. The van der Waals surface area contributed by atoms with Crippen molar-refractivity contribution in [3.8, 4) is 0 Å². The third-order valence-corrected chi connectivity index (χ3v) is 8.34. The van der Waals surface area contributed by atoms with E-state index in [1.54, 1.807) is 10.6 Å². The first-order chi connectivity index (χ1) is 13.0. The second kappa shape index (κ2) is 7.79. The van der Waals surface area contributed by atoms with Gasteiger partial charge < -0.3 is 14.0 Å². The van der Waals surface area contributed by atoms with E-state index < -0.39 is 15.8 Å². The van der Waals surface area contributed by atoms with Gasteiger partial charge in [0.2, 0.25) is 10.0 Å². The number of imidazole rings is 1. The molecule has 1 atom stereocenters. The summed E-state index contributed by atoms with van der Waals surface area (Å²) in [5.74, 6) is -0.864. The van der Waals surface area contributed by atoms with E-state index in [9.17, 15) is 8.42 Å². The third kappa shape index (κ3) is 4.07. The van der Waals surface area contributed by atoms with Gasteiger partial charge in [0, 0.05) is 32.9 Å². The number of sulfonamides is 1. The summed E-state index contributed by atoms with van der Waals surface area (Å²) in [6, 6.07) is 0. The van der Waals surface area contributed by atoms with E-state index in [0.717, 1.165) is 50.9 Å². The molecule has 152 valence electrons. The van der Waals surface area contributed by atoms with Gasteiger partial charge in [-0.05, 0) is 12.8 Å². The fraction of sp³-hybridized carbons (Fsp3) is 0.833. The summed E-state index contributed by atoms with van der Waals surface area (Å²) in [4.78, 5) is 6.43. The monoisotopic (exact) mass is 398 g/mol. The molecule has 3 fully saturated rings. The zero-order valence-electron chi connectivity index (χ0n) is 16.0. The Hall–Kier alpha value is -1.00.